The molecule has 1 heterocycles. The summed E-state index contributed by atoms with van der Waals surface area (Å²) < 4.78 is 27.6. The van der Waals surface area contributed by atoms with Crippen LogP contribution >= 0.6 is 0 Å². The third-order valence-corrected chi connectivity index (χ3v) is 9.83. The lowest BCUT2D eigenvalue weighted by atomic mass is 9.96. The molecule has 9 aromatic carbocycles. The molecule has 0 amide bonds. The number of fused-ring (bicyclic) bond motifs is 5. The van der Waals surface area contributed by atoms with Gasteiger partial charge in [-0.25, -0.2) is 15.0 Å². The molecule has 52 heavy (non-hydrogen) atoms. The van der Waals surface area contributed by atoms with Crippen LogP contribution in [0, 0.1) is 0 Å². The standard InChI is InChI=1S/C49H31N3/c1-2-12-37-30-41(26-21-32(37)9-1)48-50-47(51-49(52-48)42-27-28-46-39(31-42)25-24-35-11-4-6-17-44(35)46)40-15-7-14-38(29-40)33-19-22-36(23-20-33)45-18-8-13-34-10-3-5-16-43(34)45/h1-31H/i14D,15D,29D. The zero-order valence-corrected chi connectivity index (χ0v) is 28.0. The van der Waals surface area contributed by atoms with E-state index in [-0.39, 0.29) is 29.5 Å². The van der Waals surface area contributed by atoms with E-state index in [0.29, 0.717) is 22.8 Å². The number of aromatic nitrogens is 3. The van der Waals surface area contributed by atoms with Gasteiger partial charge in [0.15, 0.2) is 17.5 Å². The van der Waals surface area contributed by atoms with Gasteiger partial charge in [0.1, 0.15) is 0 Å². The van der Waals surface area contributed by atoms with Gasteiger partial charge in [0.2, 0.25) is 0 Å². The highest BCUT2D eigenvalue weighted by molar-refractivity contribution is 6.08. The summed E-state index contributed by atoms with van der Waals surface area (Å²) in [5.74, 6) is 1.10. The van der Waals surface area contributed by atoms with E-state index in [9.17, 15) is 1.37 Å². The Balaban J connectivity index is 1.13. The molecule has 0 aliphatic heterocycles. The highest BCUT2D eigenvalue weighted by Crippen LogP contribution is 2.34. The third kappa shape index (κ3) is 5.37. The fourth-order valence-corrected chi connectivity index (χ4v) is 7.17. The Hall–Kier alpha value is -6.97. The van der Waals surface area contributed by atoms with Crippen molar-refractivity contribution in [2.45, 2.75) is 0 Å². The smallest absolute Gasteiger partial charge is 0.164 e. The molecular formula is C49H31N3. The maximum Gasteiger partial charge on any atom is 0.164 e. The second-order valence-electron chi connectivity index (χ2n) is 13.0. The van der Waals surface area contributed by atoms with Crippen molar-refractivity contribution >= 4 is 43.1 Å². The lowest BCUT2D eigenvalue weighted by Crippen LogP contribution is -2.00. The van der Waals surface area contributed by atoms with Crippen LogP contribution < -0.4 is 0 Å². The topological polar surface area (TPSA) is 38.7 Å². The van der Waals surface area contributed by atoms with Crippen LogP contribution in [0.1, 0.15) is 4.11 Å². The molecule has 3 heteroatoms. The van der Waals surface area contributed by atoms with Gasteiger partial charge in [-0.1, -0.05) is 170 Å². The first kappa shape index (κ1) is 26.8. The monoisotopic (exact) mass is 664 g/mol. The van der Waals surface area contributed by atoms with Crippen LogP contribution in [0.15, 0.2) is 188 Å². The van der Waals surface area contributed by atoms with Crippen molar-refractivity contribution in [2.75, 3.05) is 0 Å². The summed E-state index contributed by atoms with van der Waals surface area (Å²) in [6, 6.07) is 57.2. The molecule has 0 radical (unpaired) electrons. The van der Waals surface area contributed by atoms with Crippen LogP contribution in [0.2, 0.25) is 0 Å². The molecule has 0 atom stereocenters. The Kier molecular flexibility index (Phi) is 6.41. The Morgan fingerprint density at radius 1 is 0.308 bits per heavy atom. The molecule has 0 aliphatic rings. The van der Waals surface area contributed by atoms with E-state index in [0.717, 1.165) is 49.2 Å². The summed E-state index contributed by atoms with van der Waals surface area (Å²) in [5, 5.41) is 9.02. The van der Waals surface area contributed by atoms with Crippen molar-refractivity contribution in [2.24, 2.45) is 0 Å². The first-order valence-corrected chi connectivity index (χ1v) is 17.4. The van der Waals surface area contributed by atoms with Gasteiger partial charge in [-0.2, -0.15) is 0 Å². The number of benzene rings is 9. The summed E-state index contributed by atoms with van der Waals surface area (Å²) in [4.78, 5) is 14.9. The fourth-order valence-electron chi connectivity index (χ4n) is 7.17. The minimum Gasteiger partial charge on any atom is -0.208 e. The van der Waals surface area contributed by atoms with Crippen molar-refractivity contribution in [1.82, 2.24) is 15.0 Å². The number of hydrogen-bond donors (Lipinski definition) is 0. The zero-order valence-electron chi connectivity index (χ0n) is 31.0. The molecular weight excluding hydrogens is 631 g/mol. The first-order chi connectivity index (χ1) is 27.0. The Bertz CT molecular complexity index is 3130. The van der Waals surface area contributed by atoms with Gasteiger partial charge >= 0.3 is 0 Å². The second-order valence-corrected chi connectivity index (χ2v) is 13.0. The maximum atomic E-state index is 9.53. The Morgan fingerprint density at radius 2 is 0.808 bits per heavy atom. The van der Waals surface area contributed by atoms with Gasteiger partial charge in [-0.15, -0.1) is 0 Å². The van der Waals surface area contributed by atoms with Gasteiger partial charge in [0.05, 0.1) is 4.11 Å². The molecule has 0 spiro atoms. The summed E-state index contributed by atoms with van der Waals surface area (Å²) >= 11 is 0. The van der Waals surface area contributed by atoms with E-state index in [1.54, 1.807) is 0 Å². The van der Waals surface area contributed by atoms with Crippen LogP contribution in [0.25, 0.3) is 99.5 Å². The summed E-state index contributed by atoms with van der Waals surface area (Å²) in [6.45, 7) is 0. The van der Waals surface area contributed by atoms with Gasteiger partial charge in [-0.05, 0) is 83.5 Å². The molecule has 0 fully saturated rings. The van der Waals surface area contributed by atoms with Crippen LogP contribution in [0.5, 0.6) is 0 Å². The van der Waals surface area contributed by atoms with E-state index >= 15 is 0 Å². The summed E-state index contributed by atoms with van der Waals surface area (Å²) in [7, 11) is 0. The van der Waals surface area contributed by atoms with E-state index in [4.69, 9.17) is 17.7 Å². The molecule has 0 bridgehead atoms. The van der Waals surface area contributed by atoms with Crippen LogP contribution in [0.3, 0.4) is 0 Å². The quantitative estimate of drug-likeness (QED) is 0.172. The molecule has 10 aromatic rings. The average molecular weight is 665 g/mol. The van der Waals surface area contributed by atoms with Gasteiger partial charge in [0.25, 0.3) is 0 Å². The number of hydrogen-bond acceptors (Lipinski definition) is 3. The Labute approximate surface area is 305 Å². The van der Waals surface area contributed by atoms with E-state index < -0.39 is 0 Å². The predicted octanol–water partition coefficient (Wildman–Crippen LogP) is 12.8. The van der Waals surface area contributed by atoms with E-state index in [1.807, 2.05) is 66.7 Å². The number of rotatable bonds is 5. The van der Waals surface area contributed by atoms with Crippen molar-refractivity contribution in [3.05, 3.63) is 188 Å². The zero-order chi connectivity index (χ0) is 37.0. The lowest BCUT2D eigenvalue weighted by molar-refractivity contribution is 1.08. The fraction of sp³-hybridized carbons (Fsp3) is 0. The minimum atomic E-state index is 0.0118. The normalized spacial score (nSPS) is 12.3. The summed E-state index contributed by atoms with van der Waals surface area (Å²) in [5.41, 5.74) is 5.14. The highest BCUT2D eigenvalue weighted by Gasteiger charge is 2.15. The molecule has 0 N–H and O–H groups in total. The van der Waals surface area contributed by atoms with Crippen LogP contribution in [-0.4, -0.2) is 15.0 Å². The summed E-state index contributed by atoms with van der Waals surface area (Å²) in [6.07, 6.45) is 0. The molecule has 10 rings (SSSR count). The molecule has 3 nitrogen and oxygen atoms in total. The van der Waals surface area contributed by atoms with E-state index in [1.165, 1.54) is 22.2 Å². The molecule has 0 saturated carbocycles. The van der Waals surface area contributed by atoms with Crippen LogP contribution in [-0.2, 0) is 0 Å². The van der Waals surface area contributed by atoms with E-state index in [2.05, 4.69) is 97.1 Å². The van der Waals surface area contributed by atoms with Gasteiger partial charge in [0, 0.05) is 16.7 Å². The molecule has 0 saturated heterocycles. The van der Waals surface area contributed by atoms with Crippen molar-refractivity contribution in [3.8, 4) is 56.4 Å². The highest BCUT2D eigenvalue weighted by atomic mass is 15.0. The van der Waals surface area contributed by atoms with Crippen molar-refractivity contribution in [1.29, 1.82) is 0 Å². The molecule has 1 aromatic heterocycles. The lowest BCUT2D eigenvalue weighted by Gasteiger charge is -2.12. The van der Waals surface area contributed by atoms with Crippen molar-refractivity contribution < 1.29 is 4.11 Å². The SMILES string of the molecule is [2H]c1cc([2H])c(-c2nc(-c3ccc4ccccc4c3)nc(-c3ccc4c(ccc5ccccc54)c3)n2)c([2H])c1-c1ccc(-c2cccc3ccccc23)cc1. The van der Waals surface area contributed by atoms with Gasteiger partial charge in [-0.3, -0.25) is 0 Å². The predicted molar refractivity (Wildman–Crippen MR) is 217 cm³/mol. The third-order valence-electron chi connectivity index (χ3n) is 9.83. The number of nitrogens with zero attached hydrogens (tertiary/aromatic N) is 3. The average Bonchev–Trinajstić information content (AvgIpc) is 3.23. The largest absolute Gasteiger partial charge is 0.208 e. The molecule has 242 valence electrons. The maximum absolute atomic E-state index is 9.53. The van der Waals surface area contributed by atoms with Crippen molar-refractivity contribution in [3.63, 3.8) is 0 Å². The molecule has 0 unspecified atom stereocenters. The van der Waals surface area contributed by atoms with Gasteiger partial charge < -0.3 is 0 Å². The van der Waals surface area contributed by atoms with Crippen LogP contribution in [0.4, 0.5) is 0 Å². The minimum absolute atomic E-state index is 0.0118. The molecule has 0 aliphatic carbocycles. The Morgan fingerprint density at radius 3 is 1.60 bits per heavy atom. The first-order valence-electron chi connectivity index (χ1n) is 18.9. The second kappa shape index (κ2) is 12.4.